The van der Waals surface area contributed by atoms with Crippen LogP contribution >= 0.6 is 11.6 Å². The number of aromatic nitrogens is 1. The van der Waals surface area contributed by atoms with Gasteiger partial charge in [-0.15, -0.1) is 0 Å². The number of benzene rings is 1. The molecular formula is C18H18ClN3O6. The van der Waals surface area contributed by atoms with E-state index in [0.29, 0.717) is 16.8 Å². The Morgan fingerprint density at radius 3 is 2.43 bits per heavy atom. The fraction of sp³-hybridized carbons (Fsp3) is 0.278. The summed E-state index contributed by atoms with van der Waals surface area (Å²) >= 11 is 5.93. The summed E-state index contributed by atoms with van der Waals surface area (Å²) in [4.78, 5) is 49.2. The Bertz CT molecular complexity index is 982. The summed E-state index contributed by atoms with van der Waals surface area (Å²) in [5.41, 5.74) is 1.40. The van der Waals surface area contributed by atoms with Crippen LogP contribution in [0.1, 0.15) is 46.0 Å². The molecule has 148 valence electrons. The number of nitrogens with zero attached hydrogens (tertiary/aromatic N) is 1. The smallest absolute Gasteiger partial charge is 0.355 e. The van der Waals surface area contributed by atoms with Crippen molar-refractivity contribution in [3.8, 4) is 0 Å². The monoisotopic (exact) mass is 407 g/mol. The third-order valence-corrected chi connectivity index (χ3v) is 4.38. The first-order valence-corrected chi connectivity index (χ1v) is 8.56. The number of nitrogens with one attached hydrogen (secondary N) is 2. The van der Waals surface area contributed by atoms with Crippen molar-refractivity contribution in [3.05, 3.63) is 55.9 Å². The van der Waals surface area contributed by atoms with E-state index in [9.17, 15) is 24.5 Å². The van der Waals surface area contributed by atoms with Gasteiger partial charge in [-0.25, -0.2) is 4.79 Å². The SMILES string of the molecule is CC(=O)c1c(C)[nH]c(C(=O)OC(C)C(=O)Nc2ccc([N+](=O)[O-])cc2Cl)c1C. The maximum absolute atomic E-state index is 12.4. The van der Waals surface area contributed by atoms with Crippen LogP contribution in [0.4, 0.5) is 11.4 Å². The first kappa shape index (κ1) is 21.1. The molecule has 9 nitrogen and oxygen atoms in total. The number of hydrogen-bond acceptors (Lipinski definition) is 6. The number of ether oxygens (including phenoxy) is 1. The highest BCUT2D eigenvalue weighted by Gasteiger charge is 2.25. The molecule has 1 heterocycles. The molecule has 1 aromatic carbocycles. The molecule has 0 aliphatic heterocycles. The first-order chi connectivity index (χ1) is 13.0. The highest BCUT2D eigenvalue weighted by molar-refractivity contribution is 6.34. The van der Waals surface area contributed by atoms with E-state index in [1.54, 1.807) is 13.8 Å². The number of carbonyl (C=O) groups excluding carboxylic acids is 3. The third kappa shape index (κ3) is 4.37. The Labute approximate surface area is 165 Å². The quantitative estimate of drug-likeness (QED) is 0.325. The number of non-ortho nitro benzene ring substituents is 1. The zero-order valence-corrected chi connectivity index (χ0v) is 16.3. The fourth-order valence-electron chi connectivity index (χ4n) is 2.71. The number of hydrogen-bond donors (Lipinski definition) is 2. The lowest BCUT2D eigenvalue weighted by Crippen LogP contribution is -2.30. The van der Waals surface area contributed by atoms with Gasteiger partial charge in [-0.1, -0.05) is 11.6 Å². The van der Waals surface area contributed by atoms with Crippen molar-refractivity contribution in [2.75, 3.05) is 5.32 Å². The molecular weight excluding hydrogens is 390 g/mol. The van der Waals surface area contributed by atoms with Crippen LogP contribution in [-0.2, 0) is 9.53 Å². The Balaban J connectivity index is 2.10. The van der Waals surface area contributed by atoms with Gasteiger partial charge in [0.1, 0.15) is 5.69 Å². The first-order valence-electron chi connectivity index (χ1n) is 8.18. The van der Waals surface area contributed by atoms with Gasteiger partial charge in [0.25, 0.3) is 11.6 Å². The van der Waals surface area contributed by atoms with E-state index in [0.717, 1.165) is 6.07 Å². The molecule has 2 aromatic rings. The Hall–Kier alpha value is -3.20. The van der Waals surface area contributed by atoms with E-state index in [1.165, 1.54) is 26.0 Å². The Kier molecular flexibility index (Phi) is 6.19. The van der Waals surface area contributed by atoms with Crippen molar-refractivity contribution in [1.29, 1.82) is 0 Å². The molecule has 0 aliphatic carbocycles. The molecule has 0 spiro atoms. The number of Topliss-reactive ketones (excluding diaryl/α,β-unsaturated/α-hetero) is 1. The number of nitro groups is 1. The van der Waals surface area contributed by atoms with Gasteiger partial charge in [-0.2, -0.15) is 0 Å². The second kappa shape index (κ2) is 8.22. The molecule has 0 fully saturated rings. The predicted octanol–water partition coefficient (Wildman–Crippen LogP) is 3.58. The summed E-state index contributed by atoms with van der Waals surface area (Å²) in [6.07, 6.45) is -1.18. The van der Waals surface area contributed by atoms with Gasteiger partial charge in [0.15, 0.2) is 11.9 Å². The third-order valence-electron chi connectivity index (χ3n) is 4.07. The highest BCUT2D eigenvalue weighted by atomic mass is 35.5. The summed E-state index contributed by atoms with van der Waals surface area (Å²) in [5.74, 6) is -1.65. The van der Waals surface area contributed by atoms with Crippen molar-refractivity contribution in [2.45, 2.75) is 33.8 Å². The molecule has 2 rings (SSSR count). The summed E-state index contributed by atoms with van der Waals surface area (Å²) in [7, 11) is 0. The van der Waals surface area contributed by atoms with Gasteiger partial charge in [0.05, 0.1) is 15.6 Å². The molecule has 0 saturated carbocycles. The fourth-order valence-corrected chi connectivity index (χ4v) is 2.93. The van der Waals surface area contributed by atoms with Gasteiger partial charge in [0.2, 0.25) is 0 Å². The number of nitro benzene ring substituents is 1. The number of amides is 1. The minimum atomic E-state index is -1.18. The van der Waals surface area contributed by atoms with Crippen molar-refractivity contribution in [2.24, 2.45) is 0 Å². The van der Waals surface area contributed by atoms with Crippen molar-refractivity contribution >= 4 is 40.6 Å². The molecule has 1 amide bonds. The van der Waals surface area contributed by atoms with E-state index in [4.69, 9.17) is 16.3 Å². The Morgan fingerprint density at radius 2 is 1.93 bits per heavy atom. The van der Waals surface area contributed by atoms with Gasteiger partial charge in [-0.3, -0.25) is 19.7 Å². The molecule has 28 heavy (non-hydrogen) atoms. The summed E-state index contributed by atoms with van der Waals surface area (Å²) in [6.45, 7) is 6.03. The van der Waals surface area contributed by atoms with E-state index in [1.807, 2.05) is 0 Å². The standard InChI is InChI=1S/C18H18ClN3O6/c1-8-15(10(3)23)9(2)20-16(8)18(25)28-11(4)17(24)21-14-6-5-12(22(26)27)7-13(14)19/h5-7,11,20H,1-4H3,(H,21,24). The van der Waals surface area contributed by atoms with E-state index < -0.39 is 22.9 Å². The van der Waals surface area contributed by atoms with Crippen LogP contribution in [0.15, 0.2) is 18.2 Å². The molecule has 1 atom stereocenters. The molecule has 2 N–H and O–H groups in total. The second-order valence-corrected chi connectivity index (χ2v) is 6.55. The number of ketones is 1. The molecule has 0 saturated heterocycles. The van der Waals surface area contributed by atoms with Crippen LogP contribution in [0.5, 0.6) is 0 Å². The molecule has 1 aromatic heterocycles. The van der Waals surface area contributed by atoms with Crippen molar-refractivity contribution in [1.82, 2.24) is 4.98 Å². The van der Waals surface area contributed by atoms with E-state index in [2.05, 4.69) is 10.3 Å². The minimum Gasteiger partial charge on any atom is -0.448 e. The van der Waals surface area contributed by atoms with Crippen LogP contribution in [0.25, 0.3) is 0 Å². The number of rotatable bonds is 6. The van der Waals surface area contributed by atoms with Crippen LogP contribution in [0.2, 0.25) is 5.02 Å². The number of esters is 1. The molecule has 0 radical (unpaired) electrons. The molecule has 1 unspecified atom stereocenters. The van der Waals surface area contributed by atoms with Gasteiger partial charge >= 0.3 is 5.97 Å². The zero-order chi connectivity index (χ0) is 21.2. The normalized spacial score (nSPS) is 11.6. The average molecular weight is 408 g/mol. The van der Waals surface area contributed by atoms with Crippen molar-refractivity contribution < 1.29 is 24.0 Å². The van der Waals surface area contributed by atoms with Crippen LogP contribution in [0.3, 0.4) is 0 Å². The molecule has 0 aliphatic rings. The van der Waals surface area contributed by atoms with Gasteiger partial charge in [0, 0.05) is 23.4 Å². The summed E-state index contributed by atoms with van der Waals surface area (Å²) < 4.78 is 5.16. The number of carbonyl (C=O) groups is 3. The second-order valence-electron chi connectivity index (χ2n) is 6.14. The largest absolute Gasteiger partial charge is 0.448 e. The summed E-state index contributed by atoms with van der Waals surface area (Å²) in [6, 6.07) is 3.57. The highest BCUT2D eigenvalue weighted by Crippen LogP contribution is 2.27. The summed E-state index contributed by atoms with van der Waals surface area (Å²) in [5, 5.41) is 13.1. The van der Waals surface area contributed by atoms with Crippen LogP contribution in [-0.4, -0.2) is 33.7 Å². The minimum absolute atomic E-state index is 0.0250. The molecule has 0 bridgehead atoms. The van der Waals surface area contributed by atoms with Crippen LogP contribution in [0, 0.1) is 24.0 Å². The maximum atomic E-state index is 12.4. The lowest BCUT2D eigenvalue weighted by Gasteiger charge is -2.14. The number of H-pyrrole nitrogens is 1. The molecule has 10 heteroatoms. The number of halogens is 1. The zero-order valence-electron chi connectivity index (χ0n) is 15.6. The topological polar surface area (TPSA) is 131 Å². The maximum Gasteiger partial charge on any atom is 0.355 e. The average Bonchev–Trinajstić information content (AvgIpc) is 2.90. The lowest BCUT2D eigenvalue weighted by molar-refractivity contribution is -0.384. The Morgan fingerprint density at radius 1 is 1.29 bits per heavy atom. The number of aryl methyl sites for hydroxylation is 1. The van der Waals surface area contributed by atoms with E-state index >= 15 is 0 Å². The van der Waals surface area contributed by atoms with Crippen molar-refractivity contribution in [3.63, 3.8) is 0 Å². The van der Waals surface area contributed by atoms with Gasteiger partial charge in [-0.05, 0) is 39.3 Å². The predicted molar refractivity (Wildman–Crippen MR) is 102 cm³/mol. The van der Waals surface area contributed by atoms with Gasteiger partial charge < -0.3 is 15.0 Å². The number of aromatic amines is 1. The number of anilines is 1. The lowest BCUT2D eigenvalue weighted by atomic mass is 10.1. The van der Waals surface area contributed by atoms with E-state index in [-0.39, 0.29) is 27.9 Å². The van der Waals surface area contributed by atoms with Crippen LogP contribution < -0.4 is 5.32 Å².